The molecule has 0 unspecified atom stereocenters. The molecule has 0 fully saturated rings. The summed E-state index contributed by atoms with van der Waals surface area (Å²) in [5.41, 5.74) is 6.47. The first-order chi connectivity index (χ1) is 18.6. The Bertz CT molecular complexity index is 1850. The van der Waals surface area contributed by atoms with Crippen LogP contribution in [0.5, 0.6) is 0 Å². The zero-order valence-corrected chi connectivity index (χ0v) is 23.2. The molecule has 0 bridgehead atoms. The average Bonchev–Trinajstić information content (AvgIpc) is 3.30. The molecule has 1 aliphatic carbocycles. The van der Waals surface area contributed by atoms with Gasteiger partial charge >= 0.3 is 0 Å². The summed E-state index contributed by atoms with van der Waals surface area (Å²) in [5.74, 6) is 0. The monoisotopic (exact) mass is 494 g/mol. The Kier molecular flexibility index (Phi) is 4.18. The lowest BCUT2D eigenvalue weighted by molar-refractivity contribution is -0.660. The van der Waals surface area contributed by atoms with Crippen LogP contribution >= 0.6 is 0 Å². The molecule has 0 aliphatic heterocycles. The fourth-order valence-electron chi connectivity index (χ4n) is 5.63. The first-order valence-corrected chi connectivity index (χ1v) is 16.2. The number of furan rings is 1. The lowest BCUT2D eigenvalue weighted by Gasteiger charge is -2.22. The van der Waals surface area contributed by atoms with E-state index in [9.17, 15) is 0 Å². The number of benzene rings is 3. The number of rotatable bonds is 3. The van der Waals surface area contributed by atoms with Crippen molar-refractivity contribution in [3.8, 4) is 22.4 Å². The third-order valence-electron chi connectivity index (χ3n) is 7.34. The zero-order valence-electron chi connectivity index (χ0n) is 26.2. The summed E-state index contributed by atoms with van der Waals surface area (Å²) in [6, 6.07) is 20.5. The number of fused-ring (bicyclic) bond motifs is 4. The molecule has 3 aromatic carbocycles. The molecule has 36 heavy (non-hydrogen) atoms. The highest BCUT2D eigenvalue weighted by Crippen LogP contribution is 2.42. The van der Waals surface area contributed by atoms with Gasteiger partial charge in [0.1, 0.15) is 18.2 Å². The van der Waals surface area contributed by atoms with E-state index in [4.69, 9.17) is 9.90 Å². The van der Waals surface area contributed by atoms with Crippen molar-refractivity contribution in [2.75, 3.05) is 0 Å². The highest BCUT2D eigenvalue weighted by Gasteiger charge is 2.31. The fourth-order valence-corrected chi connectivity index (χ4v) is 7.22. The lowest BCUT2D eigenvalue weighted by atomic mass is 9.90. The SMILES string of the molecule is [2H]C1([2H])c2ccc(-c3c([Si](C)(C)C)ccc4c3oc3c(-c5cccc[n+]5C)c(C)ccc34)cc2C([2H])([2H])C1(C)C. The molecule has 0 atom stereocenters. The van der Waals surface area contributed by atoms with Gasteiger partial charge in [-0.1, -0.05) is 76.0 Å². The summed E-state index contributed by atoms with van der Waals surface area (Å²) in [6.07, 6.45) is -1.56. The minimum Gasteiger partial charge on any atom is -0.455 e. The van der Waals surface area contributed by atoms with Gasteiger partial charge in [-0.3, -0.25) is 0 Å². The average molecular weight is 495 g/mol. The van der Waals surface area contributed by atoms with Crippen molar-refractivity contribution < 1.29 is 14.5 Å². The van der Waals surface area contributed by atoms with Gasteiger partial charge in [0.05, 0.1) is 13.6 Å². The second-order valence-corrected chi connectivity index (χ2v) is 16.7. The third kappa shape index (κ3) is 3.64. The highest BCUT2D eigenvalue weighted by molar-refractivity contribution is 6.90. The van der Waals surface area contributed by atoms with E-state index in [1.165, 1.54) is 5.19 Å². The molecule has 5 aromatic rings. The van der Waals surface area contributed by atoms with Crippen LogP contribution in [-0.2, 0) is 19.8 Å². The molecular formula is C33H36NOSi+. The molecule has 3 heteroatoms. The van der Waals surface area contributed by atoms with E-state index < -0.39 is 26.2 Å². The zero-order chi connectivity index (χ0) is 29.0. The van der Waals surface area contributed by atoms with Crippen LogP contribution in [0.15, 0.2) is 71.3 Å². The molecule has 0 saturated carbocycles. The summed E-state index contributed by atoms with van der Waals surface area (Å²) >= 11 is 0. The Morgan fingerprint density at radius 2 is 1.56 bits per heavy atom. The Morgan fingerprint density at radius 3 is 2.28 bits per heavy atom. The molecular weight excluding hydrogens is 454 g/mol. The topological polar surface area (TPSA) is 17.0 Å². The van der Waals surface area contributed by atoms with E-state index in [0.717, 1.165) is 49.9 Å². The van der Waals surface area contributed by atoms with Crippen molar-refractivity contribution in [1.82, 2.24) is 0 Å². The molecule has 2 nitrogen and oxygen atoms in total. The predicted octanol–water partition coefficient (Wildman–Crippen LogP) is 7.72. The predicted molar refractivity (Wildman–Crippen MR) is 155 cm³/mol. The second-order valence-electron chi connectivity index (χ2n) is 11.7. The summed E-state index contributed by atoms with van der Waals surface area (Å²) in [7, 11) is 0.171. The number of pyridine rings is 1. The summed E-state index contributed by atoms with van der Waals surface area (Å²) in [5, 5.41) is 3.33. The summed E-state index contributed by atoms with van der Waals surface area (Å²) in [4.78, 5) is 0. The van der Waals surface area contributed by atoms with Gasteiger partial charge in [-0.25, -0.2) is 4.57 Å². The van der Waals surface area contributed by atoms with Crippen LogP contribution < -0.4 is 9.75 Å². The van der Waals surface area contributed by atoms with Gasteiger partial charge in [0.2, 0.25) is 5.69 Å². The van der Waals surface area contributed by atoms with Crippen molar-refractivity contribution in [3.63, 3.8) is 0 Å². The Labute approximate surface area is 221 Å². The third-order valence-corrected chi connectivity index (χ3v) is 9.37. The van der Waals surface area contributed by atoms with E-state index in [1.54, 1.807) is 19.9 Å². The van der Waals surface area contributed by atoms with Crippen LogP contribution in [0.4, 0.5) is 0 Å². The Hall–Kier alpha value is -3.17. The largest absolute Gasteiger partial charge is 0.455 e. The number of hydrogen-bond acceptors (Lipinski definition) is 1. The highest BCUT2D eigenvalue weighted by atomic mass is 28.3. The van der Waals surface area contributed by atoms with Gasteiger partial charge in [0.25, 0.3) is 0 Å². The normalized spacial score (nSPS) is 19.5. The van der Waals surface area contributed by atoms with Crippen molar-refractivity contribution in [1.29, 1.82) is 0 Å². The van der Waals surface area contributed by atoms with Crippen molar-refractivity contribution in [3.05, 3.63) is 83.6 Å². The maximum Gasteiger partial charge on any atom is 0.216 e. The molecule has 2 aromatic heterocycles. The molecule has 2 heterocycles. The number of aromatic nitrogens is 1. The van der Waals surface area contributed by atoms with Crippen LogP contribution in [0, 0.1) is 12.3 Å². The quantitative estimate of drug-likeness (QED) is 0.185. The van der Waals surface area contributed by atoms with Gasteiger partial charge in [-0.2, -0.15) is 0 Å². The van der Waals surface area contributed by atoms with Gasteiger partial charge in [0.15, 0.2) is 6.20 Å². The van der Waals surface area contributed by atoms with Gasteiger partial charge < -0.3 is 4.42 Å². The van der Waals surface area contributed by atoms with Gasteiger partial charge in [-0.15, -0.1) is 0 Å². The van der Waals surface area contributed by atoms with E-state index in [2.05, 4.69) is 61.5 Å². The Balaban J connectivity index is 1.71. The molecule has 6 rings (SSSR count). The minimum absolute atomic E-state index is 0.433. The lowest BCUT2D eigenvalue weighted by Crippen LogP contribution is -2.39. The molecule has 0 spiro atoms. The molecule has 0 radical (unpaired) electrons. The van der Waals surface area contributed by atoms with Crippen LogP contribution in [0.2, 0.25) is 19.6 Å². The maximum absolute atomic E-state index is 8.99. The molecule has 0 amide bonds. The van der Waals surface area contributed by atoms with Gasteiger partial charge in [-0.05, 0) is 58.6 Å². The fraction of sp³-hybridized carbons (Fsp3) is 0.303. The second kappa shape index (κ2) is 7.91. The van der Waals surface area contributed by atoms with Crippen molar-refractivity contribution in [2.45, 2.75) is 53.2 Å². The smallest absolute Gasteiger partial charge is 0.216 e. The van der Waals surface area contributed by atoms with Gasteiger partial charge in [0, 0.05) is 34.0 Å². The van der Waals surface area contributed by atoms with E-state index in [-0.39, 0.29) is 0 Å². The molecule has 182 valence electrons. The first kappa shape index (κ1) is 19.0. The summed E-state index contributed by atoms with van der Waals surface area (Å²) in [6.45, 7) is 12.4. The van der Waals surface area contributed by atoms with Crippen LogP contribution in [-0.4, -0.2) is 8.07 Å². The van der Waals surface area contributed by atoms with E-state index in [1.807, 2.05) is 37.5 Å². The maximum atomic E-state index is 8.99. The first-order valence-electron chi connectivity index (χ1n) is 14.7. The van der Waals surface area contributed by atoms with Crippen LogP contribution in [0.1, 0.15) is 36.0 Å². The van der Waals surface area contributed by atoms with E-state index >= 15 is 0 Å². The molecule has 0 N–H and O–H groups in total. The minimum atomic E-state index is -1.87. The molecule has 0 saturated heterocycles. The standard InChI is InChI=1S/C33H36NOSi/c1-21-11-14-25-26-15-16-28(36(5,6)7)30(22-12-13-23-19-33(2,3)20-24(23)18-22)32(26)35-31(25)29(21)27-10-8-9-17-34(27)4/h8-18H,19-20H2,1-7H3/q+1/i19D2,20D2. The molecule has 1 aliphatic rings. The van der Waals surface area contributed by atoms with E-state index in [0.29, 0.717) is 11.1 Å². The van der Waals surface area contributed by atoms with Crippen molar-refractivity contribution in [2.24, 2.45) is 12.5 Å². The van der Waals surface area contributed by atoms with Crippen LogP contribution in [0.3, 0.4) is 0 Å². The number of hydrogen-bond donors (Lipinski definition) is 0. The number of aryl methyl sites for hydroxylation is 2. The summed E-state index contributed by atoms with van der Waals surface area (Å²) < 4.78 is 44.6. The number of nitrogens with zero attached hydrogens (tertiary/aromatic N) is 1. The van der Waals surface area contributed by atoms with Crippen LogP contribution in [0.25, 0.3) is 44.3 Å². The Morgan fingerprint density at radius 1 is 0.861 bits per heavy atom. The van der Waals surface area contributed by atoms with Crippen molar-refractivity contribution >= 4 is 35.2 Å².